The molecule has 1 saturated heterocycles. The second kappa shape index (κ2) is 8.59. The summed E-state index contributed by atoms with van der Waals surface area (Å²) in [7, 11) is 1.20. The van der Waals surface area contributed by atoms with Crippen molar-refractivity contribution in [1.82, 2.24) is 4.90 Å². The van der Waals surface area contributed by atoms with Crippen LogP contribution in [0.15, 0.2) is 46.3 Å². The molecule has 0 saturated carbocycles. The monoisotopic (exact) mass is 431 g/mol. The molecule has 1 amide bonds. The highest BCUT2D eigenvalue weighted by molar-refractivity contribution is 8.04. The maximum absolute atomic E-state index is 13.9. The van der Waals surface area contributed by atoms with Crippen molar-refractivity contribution < 1.29 is 28.2 Å². The smallest absolute Gasteiger partial charge is 0.337 e. The fourth-order valence-electron chi connectivity index (χ4n) is 3.35. The van der Waals surface area contributed by atoms with Crippen LogP contribution in [-0.4, -0.2) is 41.7 Å². The van der Waals surface area contributed by atoms with Crippen molar-refractivity contribution in [3.8, 4) is 6.07 Å². The van der Waals surface area contributed by atoms with Gasteiger partial charge in [-0.05, 0) is 24.6 Å². The first-order valence-electron chi connectivity index (χ1n) is 8.97. The van der Waals surface area contributed by atoms with Gasteiger partial charge in [-0.1, -0.05) is 23.9 Å². The van der Waals surface area contributed by atoms with Gasteiger partial charge in [0.2, 0.25) is 5.91 Å². The van der Waals surface area contributed by atoms with Crippen molar-refractivity contribution in [2.24, 2.45) is 5.73 Å². The Kier molecular flexibility index (Phi) is 6.12. The Morgan fingerprint density at radius 1 is 1.40 bits per heavy atom. The highest BCUT2D eigenvalue weighted by Crippen LogP contribution is 2.50. The summed E-state index contributed by atoms with van der Waals surface area (Å²) in [6, 6.07) is 7.37. The van der Waals surface area contributed by atoms with Crippen molar-refractivity contribution in [3.05, 3.63) is 57.6 Å². The molecule has 10 heteroatoms. The van der Waals surface area contributed by atoms with E-state index in [0.29, 0.717) is 5.56 Å². The fourth-order valence-corrected chi connectivity index (χ4v) is 4.67. The molecule has 30 heavy (non-hydrogen) atoms. The number of nitrogens with zero attached hydrogens (tertiary/aromatic N) is 2. The molecule has 2 heterocycles. The van der Waals surface area contributed by atoms with Crippen LogP contribution in [0.1, 0.15) is 24.8 Å². The number of thioether (sulfide) groups is 1. The van der Waals surface area contributed by atoms with Crippen LogP contribution in [-0.2, 0) is 23.9 Å². The summed E-state index contributed by atoms with van der Waals surface area (Å²) in [5.41, 5.74) is 6.38. The van der Waals surface area contributed by atoms with Gasteiger partial charge in [0.25, 0.3) is 0 Å². The fraction of sp³-hybridized carbons (Fsp3) is 0.300. The Bertz CT molecular complexity index is 1030. The molecule has 156 valence electrons. The predicted molar refractivity (Wildman–Crippen MR) is 104 cm³/mol. The highest BCUT2D eigenvalue weighted by Gasteiger charge is 2.49. The lowest BCUT2D eigenvalue weighted by atomic mass is 9.83. The molecular formula is C20H18FN3O5S. The molecular weight excluding hydrogens is 413 g/mol. The third-order valence-corrected chi connectivity index (χ3v) is 5.93. The summed E-state index contributed by atoms with van der Waals surface area (Å²) in [6.07, 6.45) is -0.240. The maximum Gasteiger partial charge on any atom is 0.337 e. The average molecular weight is 431 g/mol. The van der Waals surface area contributed by atoms with Crippen LogP contribution in [0.2, 0.25) is 0 Å². The van der Waals surface area contributed by atoms with E-state index in [1.165, 1.54) is 25.3 Å². The lowest BCUT2D eigenvalue weighted by molar-refractivity contribution is -0.142. The molecule has 0 aromatic heterocycles. The van der Waals surface area contributed by atoms with E-state index in [9.17, 15) is 24.0 Å². The molecule has 0 bridgehead atoms. The topological polar surface area (TPSA) is 123 Å². The van der Waals surface area contributed by atoms with Crippen LogP contribution in [0.5, 0.6) is 0 Å². The highest BCUT2D eigenvalue weighted by atomic mass is 32.2. The van der Waals surface area contributed by atoms with Crippen LogP contribution >= 0.6 is 11.8 Å². The number of benzene rings is 1. The number of hydrogen-bond donors (Lipinski definition) is 1. The molecule has 3 rings (SSSR count). The van der Waals surface area contributed by atoms with Gasteiger partial charge in [0.05, 0.1) is 48.3 Å². The first-order valence-corrected chi connectivity index (χ1v) is 9.85. The number of hydrogen-bond acceptors (Lipinski definition) is 8. The molecule has 0 spiro atoms. The number of methoxy groups -OCH3 is 1. The minimum atomic E-state index is -1.02. The number of ether oxygens (including phenoxy) is 2. The summed E-state index contributed by atoms with van der Waals surface area (Å²) < 4.78 is 23.7. The number of carbonyl (C=O) groups is 3. The summed E-state index contributed by atoms with van der Waals surface area (Å²) in [5, 5.41) is 9.05. The summed E-state index contributed by atoms with van der Waals surface area (Å²) in [4.78, 5) is 38.6. The molecule has 1 aromatic rings. The van der Waals surface area contributed by atoms with Gasteiger partial charge >= 0.3 is 11.9 Å². The quantitative estimate of drug-likeness (QED) is 0.702. The van der Waals surface area contributed by atoms with Gasteiger partial charge in [0.1, 0.15) is 16.9 Å². The number of nitrogens with two attached hydrogens (primary N) is 1. The van der Waals surface area contributed by atoms with Crippen LogP contribution in [0.4, 0.5) is 4.39 Å². The Labute approximate surface area is 176 Å². The predicted octanol–water partition coefficient (Wildman–Crippen LogP) is 1.90. The minimum Gasteiger partial charge on any atom is -0.469 e. The molecule has 0 unspecified atom stereocenters. The lowest BCUT2D eigenvalue weighted by Gasteiger charge is -2.31. The zero-order valence-electron chi connectivity index (χ0n) is 16.2. The lowest BCUT2D eigenvalue weighted by Crippen LogP contribution is -2.38. The normalized spacial score (nSPS) is 20.7. The van der Waals surface area contributed by atoms with E-state index in [4.69, 9.17) is 10.5 Å². The van der Waals surface area contributed by atoms with Gasteiger partial charge in [0.15, 0.2) is 0 Å². The molecule has 2 aliphatic rings. The Hall–Kier alpha value is -3.32. The number of allylic oxidation sites excluding steroid dienone is 1. The third kappa shape index (κ3) is 3.64. The SMILES string of the molecule is CCOC(=O)C1=C2S[C@H](CC(=O)OC)C(=O)N2C(N)=C(C#N)[C@H]1c1cccc(F)c1. The maximum atomic E-state index is 13.9. The standard InChI is InChI=1S/C20H18FN3O5S/c1-3-29-20(27)16-15(10-5-4-6-11(21)7-10)12(9-22)17(23)24-18(26)13(30-19(16)24)8-14(25)28-2/h4-7,13,15H,3,8,23H2,1-2H3/t13-,15-/m1/s1. The first-order chi connectivity index (χ1) is 14.3. The van der Waals surface area contributed by atoms with E-state index < -0.39 is 34.8 Å². The van der Waals surface area contributed by atoms with Crippen LogP contribution in [0.3, 0.4) is 0 Å². The number of amides is 1. The molecule has 0 radical (unpaired) electrons. The van der Waals surface area contributed by atoms with Gasteiger partial charge in [0, 0.05) is 0 Å². The second-order valence-corrected chi connectivity index (χ2v) is 7.59. The molecule has 2 atom stereocenters. The van der Waals surface area contributed by atoms with Crippen molar-refractivity contribution >= 4 is 29.6 Å². The average Bonchev–Trinajstić information content (AvgIpc) is 3.03. The minimum absolute atomic E-state index is 0.00100. The summed E-state index contributed by atoms with van der Waals surface area (Å²) in [6.45, 7) is 1.67. The Morgan fingerprint density at radius 3 is 2.73 bits per heavy atom. The van der Waals surface area contributed by atoms with Crippen LogP contribution < -0.4 is 5.73 Å². The van der Waals surface area contributed by atoms with E-state index in [-0.39, 0.29) is 35.0 Å². The van der Waals surface area contributed by atoms with Crippen molar-refractivity contribution in [2.75, 3.05) is 13.7 Å². The van der Waals surface area contributed by atoms with Crippen LogP contribution in [0, 0.1) is 17.1 Å². The van der Waals surface area contributed by atoms with Crippen molar-refractivity contribution in [2.45, 2.75) is 24.5 Å². The second-order valence-electron chi connectivity index (χ2n) is 6.40. The van der Waals surface area contributed by atoms with E-state index in [1.54, 1.807) is 13.0 Å². The number of halogens is 1. The molecule has 2 N–H and O–H groups in total. The summed E-state index contributed by atoms with van der Waals surface area (Å²) in [5.74, 6) is -3.66. The molecule has 2 aliphatic heterocycles. The zero-order valence-corrected chi connectivity index (χ0v) is 17.0. The zero-order chi connectivity index (χ0) is 22.0. The molecule has 1 aromatic carbocycles. The number of nitriles is 1. The van der Waals surface area contributed by atoms with E-state index in [1.807, 2.05) is 6.07 Å². The van der Waals surface area contributed by atoms with Gasteiger partial charge < -0.3 is 15.2 Å². The number of rotatable bonds is 5. The Balaban J connectivity index is 2.21. The van der Waals surface area contributed by atoms with E-state index in [2.05, 4.69) is 4.74 Å². The van der Waals surface area contributed by atoms with E-state index in [0.717, 1.165) is 16.7 Å². The number of carbonyl (C=O) groups excluding carboxylic acids is 3. The summed E-state index contributed by atoms with van der Waals surface area (Å²) >= 11 is 0.965. The largest absolute Gasteiger partial charge is 0.469 e. The van der Waals surface area contributed by atoms with Crippen molar-refractivity contribution in [3.63, 3.8) is 0 Å². The third-order valence-electron chi connectivity index (χ3n) is 4.65. The number of esters is 2. The molecule has 1 fully saturated rings. The van der Waals surface area contributed by atoms with E-state index >= 15 is 0 Å². The van der Waals surface area contributed by atoms with Gasteiger partial charge in [-0.15, -0.1) is 0 Å². The van der Waals surface area contributed by atoms with Crippen LogP contribution in [0.25, 0.3) is 0 Å². The molecule has 8 nitrogen and oxygen atoms in total. The number of fused-ring (bicyclic) bond motifs is 1. The van der Waals surface area contributed by atoms with Gasteiger partial charge in [-0.2, -0.15) is 5.26 Å². The van der Waals surface area contributed by atoms with Gasteiger partial charge in [-0.3, -0.25) is 14.5 Å². The van der Waals surface area contributed by atoms with Gasteiger partial charge in [-0.25, -0.2) is 9.18 Å². The van der Waals surface area contributed by atoms with Crippen molar-refractivity contribution in [1.29, 1.82) is 5.26 Å². The molecule has 0 aliphatic carbocycles. The Morgan fingerprint density at radius 2 is 2.13 bits per heavy atom. The first kappa shape index (κ1) is 21.4.